The monoisotopic (exact) mass is 288 g/mol. The van der Waals surface area contributed by atoms with Gasteiger partial charge in [0.2, 0.25) is 0 Å². The Bertz CT molecular complexity index is 416. The zero-order valence-corrected chi connectivity index (χ0v) is 11.4. The summed E-state index contributed by atoms with van der Waals surface area (Å²) in [7, 11) is 0. The van der Waals surface area contributed by atoms with Crippen LogP contribution in [0.25, 0.3) is 0 Å². The van der Waals surface area contributed by atoms with Crippen molar-refractivity contribution in [2.75, 3.05) is 6.61 Å². The fourth-order valence-corrected chi connectivity index (χ4v) is 2.25. The van der Waals surface area contributed by atoms with Gasteiger partial charge in [0.1, 0.15) is 6.61 Å². The van der Waals surface area contributed by atoms with Gasteiger partial charge in [-0.05, 0) is 6.92 Å². The molecule has 112 valence electrons. The summed E-state index contributed by atoms with van der Waals surface area (Å²) in [5.74, 6) is -1.73. The van der Waals surface area contributed by atoms with E-state index in [0.29, 0.717) is 0 Å². The Morgan fingerprint density at radius 3 is 2.35 bits per heavy atom. The van der Waals surface area contributed by atoms with Crippen molar-refractivity contribution in [3.63, 3.8) is 0 Å². The molecule has 0 spiro atoms. The third-order valence-corrected chi connectivity index (χ3v) is 2.96. The van der Waals surface area contributed by atoms with Crippen LogP contribution in [0.1, 0.15) is 20.8 Å². The van der Waals surface area contributed by atoms with Gasteiger partial charge in [0, 0.05) is 13.8 Å². The molecule has 0 aromatic heterocycles. The van der Waals surface area contributed by atoms with Gasteiger partial charge in [-0.3, -0.25) is 9.59 Å². The minimum absolute atomic E-state index is 0.237. The molecule has 2 fully saturated rings. The van der Waals surface area contributed by atoms with Crippen molar-refractivity contribution in [1.82, 2.24) is 0 Å². The Labute approximate surface area is 115 Å². The highest BCUT2D eigenvalue weighted by Gasteiger charge is 2.52. The maximum absolute atomic E-state index is 11.3. The Morgan fingerprint density at radius 1 is 1.15 bits per heavy atom. The largest absolute Gasteiger partial charge is 0.456 e. The number of fused-ring (bicyclic) bond motifs is 1. The van der Waals surface area contributed by atoms with Gasteiger partial charge < -0.3 is 23.7 Å². The van der Waals surface area contributed by atoms with Gasteiger partial charge in [-0.25, -0.2) is 4.79 Å². The summed E-state index contributed by atoms with van der Waals surface area (Å²) in [6.07, 6.45) is -4.21. The second kappa shape index (κ2) is 5.76. The highest BCUT2D eigenvalue weighted by atomic mass is 16.7. The minimum atomic E-state index is -0.964. The molecule has 0 radical (unpaired) electrons. The Kier molecular flexibility index (Phi) is 4.24. The van der Waals surface area contributed by atoms with Crippen LogP contribution in [0.15, 0.2) is 0 Å². The van der Waals surface area contributed by atoms with E-state index in [0.717, 1.165) is 0 Å². The van der Waals surface area contributed by atoms with Crippen molar-refractivity contribution in [2.45, 2.75) is 51.5 Å². The molecule has 2 aliphatic rings. The molecule has 20 heavy (non-hydrogen) atoms. The van der Waals surface area contributed by atoms with E-state index in [9.17, 15) is 14.4 Å². The summed E-state index contributed by atoms with van der Waals surface area (Å²) in [5.41, 5.74) is 0. The van der Waals surface area contributed by atoms with Crippen molar-refractivity contribution >= 4 is 17.9 Å². The van der Waals surface area contributed by atoms with Gasteiger partial charge in [0.15, 0.2) is 24.6 Å². The van der Waals surface area contributed by atoms with Crippen LogP contribution in [0.3, 0.4) is 0 Å². The lowest BCUT2D eigenvalue weighted by molar-refractivity contribution is -0.317. The van der Waals surface area contributed by atoms with E-state index in [-0.39, 0.29) is 6.61 Å². The summed E-state index contributed by atoms with van der Waals surface area (Å²) < 4.78 is 26.1. The van der Waals surface area contributed by atoms with Crippen molar-refractivity contribution < 1.29 is 38.1 Å². The molecule has 0 N–H and O–H groups in total. The van der Waals surface area contributed by atoms with Crippen molar-refractivity contribution in [3.05, 3.63) is 0 Å². The van der Waals surface area contributed by atoms with E-state index >= 15 is 0 Å². The zero-order valence-electron chi connectivity index (χ0n) is 11.4. The van der Waals surface area contributed by atoms with Crippen LogP contribution < -0.4 is 0 Å². The molecule has 0 amide bonds. The van der Waals surface area contributed by atoms with E-state index in [2.05, 4.69) is 0 Å². The highest BCUT2D eigenvalue weighted by molar-refractivity contribution is 5.72. The lowest BCUT2D eigenvalue weighted by atomic mass is 9.98. The maximum atomic E-state index is 11.3. The maximum Gasteiger partial charge on any atom is 0.332 e. The zero-order chi connectivity index (χ0) is 14.9. The number of rotatable bonds is 2. The second-order valence-electron chi connectivity index (χ2n) is 4.62. The van der Waals surface area contributed by atoms with E-state index in [1.165, 1.54) is 13.8 Å². The lowest BCUT2D eigenvalue weighted by Crippen LogP contribution is -2.63. The van der Waals surface area contributed by atoms with Crippen LogP contribution in [0.4, 0.5) is 0 Å². The summed E-state index contributed by atoms with van der Waals surface area (Å²) >= 11 is 0. The van der Waals surface area contributed by atoms with Gasteiger partial charge in [0.25, 0.3) is 0 Å². The Morgan fingerprint density at radius 2 is 1.75 bits per heavy atom. The van der Waals surface area contributed by atoms with Gasteiger partial charge in [-0.1, -0.05) is 0 Å². The van der Waals surface area contributed by atoms with Gasteiger partial charge in [-0.15, -0.1) is 0 Å². The predicted octanol–water partition coefficient (Wildman–Crippen LogP) is -0.463. The number of carbonyl (C=O) groups excluding carboxylic acids is 3. The molecule has 8 heteroatoms. The average Bonchev–Trinajstić information content (AvgIpc) is 2.33. The SMILES string of the molecule is CC(=O)O[C@@H]1[C@@H](OC(C)=O)[C@H](C)O[C@H]2OCC(=O)O[C@@H]21. The van der Waals surface area contributed by atoms with E-state index in [4.69, 9.17) is 23.7 Å². The molecular weight excluding hydrogens is 272 g/mol. The predicted molar refractivity (Wildman–Crippen MR) is 61.3 cm³/mol. The summed E-state index contributed by atoms with van der Waals surface area (Å²) in [6, 6.07) is 0. The van der Waals surface area contributed by atoms with Crippen molar-refractivity contribution in [3.8, 4) is 0 Å². The van der Waals surface area contributed by atoms with Crippen LogP contribution in [-0.4, -0.2) is 55.2 Å². The fourth-order valence-electron chi connectivity index (χ4n) is 2.25. The molecule has 2 aliphatic heterocycles. The molecule has 0 saturated carbocycles. The number of carbonyl (C=O) groups is 3. The summed E-state index contributed by atoms with van der Waals surface area (Å²) in [6.45, 7) is 3.86. The van der Waals surface area contributed by atoms with Crippen molar-refractivity contribution in [1.29, 1.82) is 0 Å². The van der Waals surface area contributed by atoms with E-state index in [1.807, 2.05) is 0 Å². The highest BCUT2D eigenvalue weighted by Crippen LogP contribution is 2.30. The molecule has 0 unspecified atom stereocenters. The molecule has 5 atom stereocenters. The molecule has 0 bridgehead atoms. The topological polar surface area (TPSA) is 97.4 Å². The first-order valence-corrected chi connectivity index (χ1v) is 6.19. The van der Waals surface area contributed by atoms with Gasteiger partial charge in [0.05, 0.1) is 6.10 Å². The number of ether oxygens (including phenoxy) is 5. The first-order chi connectivity index (χ1) is 9.38. The Hall–Kier alpha value is -1.67. The minimum Gasteiger partial charge on any atom is -0.456 e. The van der Waals surface area contributed by atoms with Crippen LogP contribution in [-0.2, 0) is 38.1 Å². The third kappa shape index (κ3) is 3.07. The molecule has 0 aromatic rings. The second-order valence-corrected chi connectivity index (χ2v) is 4.62. The van der Waals surface area contributed by atoms with Crippen LogP contribution in [0, 0.1) is 0 Å². The average molecular weight is 288 g/mol. The molecule has 2 heterocycles. The van der Waals surface area contributed by atoms with Crippen LogP contribution >= 0.6 is 0 Å². The standard InChI is InChI=1S/C12H16O8/c1-5-9(18-6(2)13)10(19-7(3)14)11-12(17-5)16-4-8(15)20-11/h5,9-12H,4H2,1-3H3/t5-,9-,10+,11+,12+/m0/s1. The first kappa shape index (κ1) is 14.7. The quantitative estimate of drug-likeness (QED) is 0.497. The van der Waals surface area contributed by atoms with Crippen LogP contribution in [0.2, 0.25) is 0 Å². The molecule has 0 aromatic carbocycles. The third-order valence-electron chi connectivity index (χ3n) is 2.96. The Balaban J connectivity index is 2.23. The fraction of sp³-hybridized carbons (Fsp3) is 0.750. The van der Waals surface area contributed by atoms with Crippen molar-refractivity contribution in [2.24, 2.45) is 0 Å². The van der Waals surface area contributed by atoms with E-state index < -0.39 is 48.6 Å². The molecule has 8 nitrogen and oxygen atoms in total. The van der Waals surface area contributed by atoms with E-state index in [1.54, 1.807) is 6.92 Å². The number of hydrogen-bond donors (Lipinski definition) is 0. The van der Waals surface area contributed by atoms with Gasteiger partial charge in [-0.2, -0.15) is 0 Å². The number of esters is 3. The molecule has 2 rings (SSSR count). The molecule has 0 aliphatic carbocycles. The number of hydrogen-bond acceptors (Lipinski definition) is 8. The van der Waals surface area contributed by atoms with Gasteiger partial charge >= 0.3 is 17.9 Å². The molecule has 2 saturated heterocycles. The lowest BCUT2D eigenvalue weighted by Gasteiger charge is -2.44. The van der Waals surface area contributed by atoms with Crippen LogP contribution in [0.5, 0.6) is 0 Å². The summed E-state index contributed by atoms with van der Waals surface area (Å²) in [4.78, 5) is 33.7. The smallest absolute Gasteiger partial charge is 0.332 e. The summed E-state index contributed by atoms with van der Waals surface area (Å²) in [5, 5.41) is 0. The molecular formula is C12H16O8. The normalized spacial score (nSPS) is 36.5. The first-order valence-electron chi connectivity index (χ1n) is 6.19.